The van der Waals surface area contributed by atoms with Gasteiger partial charge in [0.05, 0.1) is 0 Å². The number of guanidine groups is 1. The number of carbonyl (C=O) groups is 1. The molecule has 1 aromatic rings. The van der Waals surface area contributed by atoms with Gasteiger partial charge in [0.25, 0.3) is 0 Å². The minimum atomic E-state index is 0.275. The Morgan fingerprint density at radius 1 is 1.15 bits per heavy atom. The molecule has 1 aliphatic heterocycles. The van der Waals surface area contributed by atoms with Crippen molar-refractivity contribution in [1.82, 2.24) is 15.5 Å². The van der Waals surface area contributed by atoms with E-state index in [1.165, 1.54) is 49.7 Å². The molecule has 0 bridgehead atoms. The van der Waals surface area contributed by atoms with E-state index in [1.54, 1.807) is 0 Å². The molecule has 0 radical (unpaired) electrons. The zero-order valence-electron chi connectivity index (χ0n) is 16.7. The number of rotatable bonds is 8. The summed E-state index contributed by atoms with van der Waals surface area (Å²) in [4.78, 5) is 18.2. The van der Waals surface area contributed by atoms with Gasteiger partial charge < -0.3 is 15.5 Å². The first-order valence-electron chi connectivity index (χ1n) is 10.6. The average Bonchev–Trinajstić information content (AvgIpc) is 3.34. The second-order valence-corrected chi connectivity index (χ2v) is 7.83. The van der Waals surface area contributed by atoms with Crippen LogP contribution in [-0.2, 0) is 17.9 Å². The lowest BCUT2D eigenvalue weighted by molar-refractivity contribution is -0.128. The number of aliphatic imine (C=N–C) groups is 1. The molecule has 1 aromatic carbocycles. The summed E-state index contributed by atoms with van der Waals surface area (Å²) in [6.45, 7) is 3.29. The van der Waals surface area contributed by atoms with Gasteiger partial charge in [-0.05, 0) is 36.3 Å². The third kappa shape index (κ3) is 5.98. The zero-order chi connectivity index (χ0) is 18.9. The van der Waals surface area contributed by atoms with E-state index in [4.69, 9.17) is 0 Å². The van der Waals surface area contributed by atoms with E-state index < -0.39 is 0 Å². The smallest absolute Gasteiger partial charge is 0.222 e. The molecule has 2 N–H and O–H groups in total. The fourth-order valence-electron chi connectivity index (χ4n) is 4.26. The van der Waals surface area contributed by atoms with Crippen molar-refractivity contribution >= 4 is 11.9 Å². The van der Waals surface area contributed by atoms with Gasteiger partial charge in [0.2, 0.25) is 5.91 Å². The summed E-state index contributed by atoms with van der Waals surface area (Å²) in [5.41, 5.74) is 2.45. The number of amides is 1. The van der Waals surface area contributed by atoms with Gasteiger partial charge >= 0.3 is 0 Å². The van der Waals surface area contributed by atoms with Crippen molar-refractivity contribution in [3.8, 4) is 0 Å². The number of likely N-dealkylation sites (tertiary alicyclic amines) is 1. The van der Waals surface area contributed by atoms with Crippen LogP contribution >= 0.6 is 0 Å². The molecule has 3 rings (SSSR count). The fourth-order valence-corrected chi connectivity index (χ4v) is 4.26. The summed E-state index contributed by atoms with van der Waals surface area (Å²) < 4.78 is 0. The first-order valence-corrected chi connectivity index (χ1v) is 10.6. The maximum Gasteiger partial charge on any atom is 0.222 e. The third-order valence-corrected chi connectivity index (χ3v) is 5.88. The number of nitrogens with zero attached hydrogens (tertiary/aromatic N) is 2. The minimum Gasteiger partial charge on any atom is -0.356 e. The molecule has 0 spiro atoms. The lowest BCUT2D eigenvalue weighted by Gasteiger charge is -2.19. The van der Waals surface area contributed by atoms with Crippen LogP contribution in [0.4, 0.5) is 0 Å². The number of benzene rings is 1. The molecule has 0 unspecified atom stereocenters. The number of carbonyl (C=O) groups excluding carboxylic acids is 1. The largest absolute Gasteiger partial charge is 0.356 e. The van der Waals surface area contributed by atoms with Gasteiger partial charge in [0, 0.05) is 39.6 Å². The van der Waals surface area contributed by atoms with Crippen LogP contribution in [0.25, 0.3) is 0 Å². The van der Waals surface area contributed by atoms with E-state index in [-0.39, 0.29) is 5.91 Å². The Balaban J connectivity index is 1.44. The highest BCUT2D eigenvalue weighted by Crippen LogP contribution is 2.28. The van der Waals surface area contributed by atoms with E-state index in [2.05, 4.69) is 39.9 Å². The number of hydrogen-bond acceptors (Lipinski definition) is 2. The molecule has 1 heterocycles. The first-order chi connectivity index (χ1) is 13.3. The van der Waals surface area contributed by atoms with Crippen molar-refractivity contribution in [3.63, 3.8) is 0 Å². The van der Waals surface area contributed by atoms with Gasteiger partial charge in [-0.3, -0.25) is 9.79 Å². The average molecular weight is 371 g/mol. The standard InChI is InChI=1S/C22H34N4O/c1-23-22(24-14-6-10-18-8-2-3-9-18)25-16-19-11-4-5-12-20(19)17-26-15-7-13-21(26)27/h4-5,11-12,18H,2-3,6-10,13-17H2,1H3,(H2,23,24,25). The Hall–Kier alpha value is -2.04. The summed E-state index contributed by atoms with van der Waals surface area (Å²) in [6, 6.07) is 8.37. The fraction of sp³-hybridized carbons (Fsp3) is 0.636. The quantitative estimate of drug-likeness (QED) is 0.419. The molecular weight excluding hydrogens is 336 g/mol. The Morgan fingerprint density at radius 3 is 2.63 bits per heavy atom. The van der Waals surface area contributed by atoms with Crippen molar-refractivity contribution in [2.45, 2.75) is 64.5 Å². The van der Waals surface area contributed by atoms with Gasteiger partial charge in [-0.25, -0.2) is 0 Å². The van der Waals surface area contributed by atoms with Crippen LogP contribution in [0.2, 0.25) is 0 Å². The monoisotopic (exact) mass is 370 g/mol. The summed E-state index contributed by atoms with van der Waals surface area (Å²) in [5.74, 6) is 2.08. The number of hydrogen-bond donors (Lipinski definition) is 2. The van der Waals surface area contributed by atoms with Crippen LogP contribution in [0, 0.1) is 5.92 Å². The molecule has 1 aliphatic carbocycles. The summed E-state index contributed by atoms with van der Waals surface area (Å²) in [7, 11) is 1.82. The van der Waals surface area contributed by atoms with Gasteiger partial charge in [-0.1, -0.05) is 49.9 Å². The Labute approximate surface area is 163 Å². The van der Waals surface area contributed by atoms with E-state index in [0.717, 1.165) is 37.9 Å². The second kappa shape index (κ2) is 10.3. The van der Waals surface area contributed by atoms with Crippen molar-refractivity contribution in [3.05, 3.63) is 35.4 Å². The maximum atomic E-state index is 11.9. The van der Waals surface area contributed by atoms with E-state index in [0.29, 0.717) is 13.0 Å². The highest BCUT2D eigenvalue weighted by molar-refractivity contribution is 5.79. The summed E-state index contributed by atoms with van der Waals surface area (Å²) in [5, 5.41) is 6.86. The summed E-state index contributed by atoms with van der Waals surface area (Å²) >= 11 is 0. The van der Waals surface area contributed by atoms with Crippen molar-refractivity contribution in [2.75, 3.05) is 20.1 Å². The predicted octanol–water partition coefficient (Wildman–Crippen LogP) is 3.44. The Kier molecular flexibility index (Phi) is 7.55. The molecule has 0 atom stereocenters. The zero-order valence-corrected chi connectivity index (χ0v) is 16.7. The van der Waals surface area contributed by atoms with Gasteiger partial charge in [0.1, 0.15) is 0 Å². The van der Waals surface area contributed by atoms with Gasteiger partial charge in [-0.15, -0.1) is 0 Å². The molecule has 5 heteroatoms. The second-order valence-electron chi connectivity index (χ2n) is 7.83. The van der Waals surface area contributed by atoms with Crippen molar-refractivity contribution in [2.24, 2.45) is 10.9 Å². The third-order valence-electron chi connectivity index (χ3n) is 5.88. The van der Waals surface area contributed by atoms with Crippen LogP contribution in [0.3, 0.4) is 0 Å². The molecule has 2 aliphatic rings. The summed E-state index contributed by atoms with van der Waals surface area (Å²) in [6.07, 6.45) is 9.89. The van der Waals surface area contributed by atoms with Crippen LogP contribution in [0.15, 0.2) is 29.3 Å². The number of nitrogens with one attached hydrogen (secondary N) is 2. The molecule has 27 heavy (non-hydrogen) atoms. The highest BCUT2D eigenvalue weighted by Gasteiger charge is 2.20. The molecule has 1 saturated carbocycles. The van der Waals surface area contributed by atoms with Crippen LogP contribution in [-0.4, -0.2) is 36.9 Å². The van der Waals surface area contributed by atoms with Gasteiger partial charge in [0.15, 0.2) is 5.96 Å². The lowest BCUT2D eigenvalue weighted by Crippen LogP contribution is -2.37. The SMILES string of the molecule is CN=C(NCCCC1CCCC1)NCc1ccccc1CN1CCCC1=O. The van der Waals surface area contributed by atoms with E-state index in [9.17, 15) is 4.79 Å². The predicted molar refractivity (Wildman–Crippen MR) is 110 cm³/mol. The topological polar surface area (TPSA) is 56.7 Å². The van der Waals surface area contributed by atoms with Gasteiger partial charge in [-0.2, -0.15) is 0 Å². The maximum absolute atomic E-state index is 11.9. The molecule has 148 valence electrons. The van der Waals surface area contributed by atoms with Crippen molar-refractivity contribution in [1.29, 1.82) is 0 Å². The molecule has 0 aromatic heterocycles. The normalized spacial score (nSPS) is 18.3. The Bertz CT molecular complexity index is 637. The van der Waals surface area contributed by atoms with E-state index >= 15 is 0 Å². The lowest BCUT2D eigenvalue weighted by atomic mass is 10.0. The molecule has 1 amide bonds. The first kappa shape index (κ1) is 19.7. The van der Waals surface area contributed by atoms with Crippen LogP contribution in [0.5, 0.6) is 0 Å². The highest BCUT2D eigenvalue weighted by atomic mass is 16.2. The molecular formula is C22H34N4O. The molecule has 5 nitrogen and oxygen atoms in total. The van der Waals surface area contributed by atoms with Crippen molar-refractivity contribution < 1.29 is 4.79 Å². The Morgan fingerprint density at radius 2 is 1.93 bits per heavy atom. The molecule has 2 fully saturated rings. The van der Waals surface area contributed by atoms with E-state index in [1.807, 2.05) is 11.9 Å². The molecule has 1 saturated heterocycles. The van der Waals surface area contributed by atoms with Crippen LogP contribution < -0.4 is 10.6 Å². The minimum absolute atomic E-state index is 0.275. The van der Waals surface area contributed by atoms with Crippen LogP contribution in [0.1, 0.15) is 62.5 Å².